The van der Waals surface area contributed by atoms with E-state index in [-0.39, 0.29) is 0 Å². The van der Waals surface area contributed by atoms with Crippen LogP contribution in [0.5, 0.6) is 0 Å². The second-order valence-electron chi connectivity index (χ2n) is 4.97. The molecule has 0 aromatic carbocycles. The minimum Gasteiger partial charge on any atom is -0.382 e. The van der Waals surface area contributed by atoms with Gasteiger partial charge >= 0.3 is 0 Å². The van der Waals surface area contributed by atoms with Gasteiger partial charge in [-0.3, -0.25) is 5.10 Å². The molecule has 3 nitrogen and oxygen atoms in total. The van der Waals surface area contributed by atoms with Gasteiger partial charge in [0, 0.05) is 16.7 Å². The number of nitrogen functional groups attached to an aromatic ring is 1. The summed E-state index contributed by atoms with van der Waals surface area (Å²) in [5.41, 5.74) is 8.69. The molecule has 0 bridgehead atoms. The Morgan fingerprint density at radius 2 is 2.07 bits per heavy atom. The smallest absolute Gasteiger partial charge is 0.148 e. The third kappa shape index (κ3) is 1.22. The van der Waals surface area contributed by atoms with Crippen LogP contribution in [0.15, 0.2) is 0 Å². The van der Waals surface area contributed by atoms with E-state index < -0.39 is 0 Å². The van der Waals surface area contributed by atoms with E-state index in [0.29, 0.717) is 17.2 Å². The van der Waals surface area contributed by atoms with Crippen LogP contribution in [0.2, 0.25) is 0 Å². The summed E-state index contributed by atoms with van der Waals surface area (Å²) in [6, 6.07) is 0. The van der Waals surface area contributed by atoms with E-state index in [1.165, 1.54) is 30.5 Å². The van der Waals surface area contributed by atoms with Gasteiger partial charge in [0.1, 0.15) is 5.82 Å². The number of aromatic nitrogens is 2. The molecule has 1 saturated carbocycles. The van der Waals surface area contributed by atoms with Crippen LogP contribution in [0.3, 0.4) is 0 Å². The molecule has 14 heavy (non-hydrogen) atoms. The first kappa shape index (κ1) is 9.56. The molecule has 0 aliphatic heterocycles. The molecule has 1 aromatic rings. The van der Waals surface area contributed by atoms with Gasteiger partial charge < -0.3 is 5.73 Å². The summed E-state index contributed by atoms with van der Waals surface area (Å²) >= 11 is 0. The monoisotopic (exact) mass is 193 g/mol. The van der Waals surface area contributed by atoms with E-state index in [4.69, 9.17) is 5.73 Å². The minimum absolute atomic E-state index is 0.310. The topological polar surface area (TPSA) is 54.7 Å². The van der Waals surface area contributed by atoms with Crippen molar-refractivity contribution >= 4 is 5.82 Å². The summed E-state index contributed by atoms with van der Waals surface area (Å²) in [5, 5.41) is 7.26. The van der Waals surface area contributed by atoms with Crippen molar-refractivity contribution in [3.05, 3.63) is 11.3 Å². The predicted molar refractivity (Wildman–Crippen MR) is 58.3 cm³/mol. The van der Waals surface area contributed by atoms with Crippen LogP contribution in [0, 0.1) is 0 Å². The third-order valence-electron chi connectivity index (χ3n) is 3.47. The maximum atomic E-state index is 5.88. The van der Waals surface area contributed by atoms with Crippen LogP contribution < -0.4 is 5.73 Å². The Morgan fingerprint density at radius 3 is 2.50 bits per heavy atom. The molecule has 0 spiro atoms. The van der Waals surface area contributed by atoms with Crippen molar-refractivity contribution in [2.24, 2.45) is 0 Å². The predicted octanol–water partition coefficient (Wildman–Crippen LogP) is 2.56. The number of hydrogen-bond donors (Lipinski definition) is 2. The van der Waals surface area contributed by atoms with Gasteiger partial charge in [-0.1, -0.05) is 27.2 Å². The van der Waals surface area contributed by atoms with Gasteiger partial charge in [0.05, 0.1) is 0 Å². The van der Waals surface area contributed by atoms with E-state index in [1.54, 1.807) is 0 Å². The van der Waals surface area contributed by atoms with Crippen LogP contribution in [0.1, 0.15) is 57.2 Å². The number of nitrogens with two attached hydrogens (primary N) is 1. The van der Waals surface area contributed by atoms with Crippen molar-refractivity contribution in [3.63, 3.8) is 0 Å². The van der Waals surface area contributed by atoms with Crippen molar-refractivity contribution < 1.29 is 0 Å². The van der Waals surface area contributed by atoms with Gasteiger partial charge in [-0.2, -0.15) is 5.10 Å². The molecule has 1 aliphatic carbocycles. The summed E-state index contributed by atoms with van der Waals surface area (Å²) < 4.78 is 0. The Labute approximate surface area is 85.1 Å². The van der Waals surface area contributed by atoms with E-state index >= 15 is 0 Å². The molecule has 0 unspecified atom stereocenters. The number of nitrogens with one attached hydrogen (secondary N) is 1. The zero-order valence-corrected chi connectivity index (χ0v) is 9.22. The van der Waals surface area contributed by atoms with Gasteiger partial charge in [0.25, 0.3) is 0 Å². The van der Waals surface area contributed by atoms with E-state index in [1.807, 2.05) is 0 Å². The normalized spacial score (nSPS) is 19.7. The SMILES string of the molecule is CC(C)c1c(N)n[nH]c1C1(C)CCC1. The van der Waals surface area contributed by atoms with Gasteiger partial charge in [-0.05, 0) is 18.8 Å². The van der Waals surface area contributed by atoms with Crippen LogP contribution in [0.4, 0.5) is 5.82 Å². The molecule has 1 heterocycles. The lowest BCUT2D eigenvalue weighted by atomic mass is 9.66. The summed E-state index contributed by atoms with van der Waals surface area (Å²) in [6.07, 6.45) is 3.84. The summed E-state index contributed by atoms with van der Waals surface area (Å²) in [7, 11) is 0. The highest BCUT2D eigenvalue weighted by atomic mass is 15.2. The number of H-pyrrole nitrogens is 1. The second-order valence-corrected chi connectivity index (χ2v) is 4.97. The maximum Gasteiger partial charge on any atom is 0.148 e. The molecule has 1 aliphatic rings. The van der Waals surface area contributed by atoms with Gasteiger partial charge in [0.15, 0.2) is 0 Å². The lowest BCUT2D eigenvalue weighted by molar-refractivity contribution is 0.262. The Hall–Kier alpha value is -0.990. The fourth-order valence-corrected chi connectivity index (χ4v) is 2.37. The average Bonchev–Trinajstić information content (AvgIpc) is 2.43. The van der Waals surface area contributed by atoms with Crippen LogP contribution >= 0.6 is 0 Å². The first-order valence-electron chi connectivity index (χ1n) is 5.39. The maximum absolute atomic E-state index is 5.88. The molecule has 1 aromatic heterocycles. The molecule has 1 fully saturated rings. The number of hydrogen-bond acceptors (Lipinski definition) is 2. The Bertz CT molecular complexity index is 334. The van der Waals surface area contributed by atoms with Crippen molar-refractivity contribution in [2.45, 2.75) is 51.4 Å². The fourth-order valence-electron chi connectivity index (χ4n) is 2.37. The molecule has 3 heteroatoms. The number of aromatic amines is 1. The van der Waals surface area contributed by atoms with Crippen molar-refractivity contribution in [3.8, 4) is 0 Å². The number of rotatable bonds is 2. The fraction of sp³-hybridized carbons (Fsp3) is 0.727. The van der Waals surface area contributed by atoms with E-state index in [2.05, 4.69) is 31.0 Å². The molecule has 0 amide bonds. The second kappa shape index (κ2) is 3.01. The highest BCUT2D eigenvalue weighted by Crippen LogP contribution is 2.45. The highest BCUT2D eigenvalue weighted by Gasteiger charge is 2.38. The highest BCUT2D eigenvalue weighted by molar-refractivity contribution is 5.47. The van der Waals surface area contributed by atoms with Gasteiger partial charge in [-0.15, -0.1) is 0 Å². The molecule has 0 saturated heterocycles. The van der Waals surface area contributed by atoms with Gasteiger partial charge in [0.2, 0.25) is 0 Å². The standard InChI is InChI=1S/C11H19N3/c1-7(2)8-9(13-14-10(8)12)11(3)5-4-6-11/h7H,4-6H2,1-3H3,(H3,12,13,14). The lowest BCUT2D eigenvalue weighted by Crippen LogP contribution is -2.32. The summed E-state index contributed by atoms with van der Waals surface area (Å²) in [4.78, 5) is 0. The van der Waals surface area contributed by atoms with Crippen LogP contribution in [-0.2, 0) is 5.41 Å². The number of nitrogens with zero attached hydrogens (tertiary/aromatic N) is 1. The summed E-state index contributed by atoms with van der Waals surface area (Å²) in [5.74, 6) is 1.14. The van der Waals surface area contributed by atoms with E-state index in [9.17, 15) is 0 Å². The average molecular weight is 193 g/mol. The molecule has 0 atom stereocenters. The van der Waals surface area contributed by atoms with Gasteiger partial charge in [-0.25, -0.2) is 0 Å². The Morgan fingerprint density at radius 1 is 1.43 bits per heavy atom. The van der Waals surface area contributed by atoms with Crippen molar-refractivity contribution in [1.82, 2.24) is 10.2 Å². The molecule has 2 rings (SSSR count). The number of anilines is 1. The van der Waals surface area contributed by atoms with Crippen molar-refractivity contribution in [2.75, 3.05) is 5.73 Å². The Balaban J connectivity index is 2.42. The first-order chi connectivity index (χ1) is 6.54. The Kier molecular flexibility index (Phi) is 2.05. The summed E-state index contributed by atoms with van der Waals surface area (Å²) in [6.45, 7) is 6.65. The van der Waals surface area contributed by atoms with Crippen LogP contribution in [-0.4, -0.2) is 10.2 Å². The quantitative estimate of drug-likeness (QED) is 0.758. The first-order valence-corrected chi connectivity index (χ1v) is 5.39. The zero-order valence-electron chi connectivity index (χ0n) is 9.22. The minimum atomic E-state index is 0.310. The van der Waals surface area contributed by atoms with Crippen molar-refractivity contribution in [1.29, 1.82) is 0 Å². The zero-order chi connectivity index (χ0) is 10.3. The molecule has 78 valence electrons. The molecular weight excluding hydrogens is 174 g/mol. The lowest BCUT2D eigenvalue weighted by Gasteiger charge is -2.38. The third-order valence-corrected chi connectivity index (χ3v) is 3.47. The molecular formula is C11H19N3. The van der Waals surface area contributed by atoms with Crippen LogP contribution in [0.25, 0.3) is 0 Å². The molecule has 3 N–H and O–H groups in total. The molecule has 0 radical (unpaired) electrons. The largest absolute Gasteiger partial charge is 0.382 e. The van der Waals surface area contributed by atoms with E-state index in [0.717, 1.165) is 0 Å².